The molecule has 1 atom stereocenters. The van der Waals surface area contributed by atoms with Crippen molar-refractivity contribution >= 4 is 5.97 Å². The number of carbonyl (C=O) groups is 1. The molecule has 0 amide bonds. The molecule has 21 heavy (non-hydrogen) atoms. The maximum Gasteiger partial charge on any atom is 0.325 e. The minimum Gasteiger partial charge on any atom is -0.468 e. The molecule has 1 rings (SSSR count). The number of nitrogens with one attached hydrogen (secondary N) is 1. The predicted molar refractivity (Wildman–Crippen MR) is 86.5 cm³/mol. The van der Waals surface area contributed by atoms with E-state index in [-0.39, 0.29) is 12.0 Å². The Hall–Kier alpha value is -0.650. The fourth-order valence-corrected chi connectivity index (χ4v) is 3.14. The van der Waals surface area contributed by atoms with Gasteiger partial charge in [0.2, 0.25) is 0 Å². The quantitative estimate of drug-likeness (QED) is 0.719. The second-order valence-corrected chi connectivity index (χ2v) is 6.91. The molecule has 0 aliphatic carbocycles. The summed E-state index contributed by atoms with van der Waals surface area (Å²) in [6.45, 7) is 9.23. The van der Waals surface area contributed by atoms with Gasteiger partial charge in [-0.15, -0.1) is 0 Å². The highest BCUT2D eigenvalue weighted by atomic mass is 16.5. The van der Waals surface area contributed by atoms with Crippen LogP contribution in [0.2, 0.25) is 0 Å². The summed E-state index contributed by atoms with van der Waals surface area (Å²) in [7, 11) is 5.77. The minimum absolute atomic E-state index is 0.167. The van der Waals surface area contributed by atoms with Crippen LogP contribution in [0.1, 0.15) is 40.0 Å². The van der Waals surface area contributed by atoms with Gasteiger partial charge in [0.1, 0.15) is 5.54 Å². The Morgan fingerprint density at radius 2 is 1.95 bits per heavy atom. The molecule has 1 aliphatic rings. The molecule has 0 aromatic heterocycles. The lowest BCUT2D eigenvalue weighted by atomic mass is 9.95. The van der Waals surface area contributed by atoms with Crippen molar-refractivity contribution < 1.29 is 9.53 Å². The van der Waals surface area contributed by atoms with Crippen LogP contribution in [0.15, 0.2) is 0 Å². The summed E-state index contributed by atoms with van der Waals surface area (Å²) in [6.07, 6.45) is 3.20. The fourth-order valence-electron chi connectivity index (χ4n) is 3.14. The zero-order chi connectivity index (χ0) is 16.0. The largest absolute Gasteiger partial charge is 0.468 e. The summed E-state index contributed by atoms with van der Waals surface area (Å²) in [6, 6.07) is 0.954. The summed E-state index contributed by atoms with van der Waals surface area (Å²) >= 11 is 0. The third-order valence-electron chi connectivity index (χ3n) is 4.46. The molecular formula is C16H33N3O2. The van der Waals surface area contributed by atoms with Crippen molar-refractivity contribution in [3.63, 3.8) is 0 Å². The molecule has 0 radical (unpaired) electrons. The second-order valence-electron chi connectivity index (χ2n) is 6.91. The lowest BCUT2D eigenvalue weighted by Gasteiger charge is -2.37. The highest BCUT2D eigenvalue weighted by Crippen LogP contribution is 2.18. The first-order valence-electron chi connectivity index (χ1n) is 8.03. The zero-order valence-corrected chi connectivity index (χ0v) is 14.6. The third kappa shape index (κ3) is 5.57. The Morgan fingerprint density at radius 1 is 1.38 bits per heavy atom. The molecule has 0 aromatic rings. The summed E-state index contributed by atoms with van der Waals surface area (Å²) in [5, 5.41) is 3.36. The van der Waals surface area contributed by atoms with Crippen LogP contribution < -0.4 is 5.32 Å². The first kappa shape index (κ1) is 18.4. The van der Waals surface area contributed by atoms with Gasteiger partial charge in [-0.25, -0.2) is 0 Å². The zero-order valence-electron chi connectivity index (χ0n) is 14.6. The first-order chi connectivity index (χ1) is 9.78. The van der Waals surface area contributed by atoms with Gasteiger partial charge in [0.25, 0.3) is 0 Å². The number of likely N-dealkylation sites (tertiary alicyclic amines) is 1. The van der Waals surface area contributed by atoms with Gasteiger partial charge in [0, 0.05) is 18.6 Å². The van der Waals surface area contributed by atoms with Gasteiger partial charge < -0.3 is 14.5 Å². The molecule has 0 aromatic carbocycles. The molecule has 5 heteroatoms. The van der Waals surface area contributed by atoms with Crippen molar-refractivity contribution in [3.8, 4) is 0 Å². The number of carbonyl (C=O) groups excluding carboxylic acids is 1. The molecule has 0 bridgehead atoms. The number of rotatable bonds is 7. The molecule has 124 valence electrons. The topological polar surface area (TPSA) is 44.8 Å². The van der Waals surface area contributed by atoms with Gasteiger partial charge in [-0.3, -0.25) is 10.1 Å². The van der Waals surface area contributed by atoms with Crippen LogP contribution in [-0.4, -0.2) is 74.2 Å². The molecular weight excluding hydrogens is 266 g/mol. The fraction of sp³-hybridized carbons (Fsp3) is 0.938. The van der Waals surface area contributed by atoms with Crippen LogP contribution in [0.4, 0.5) is 0 Å². The number of hydrogen-bond donors (Lipinski definition) is 1. The van der Waals surface area contributed by atoms with Crippen molar-refractivity contribution in [1.82, 2.24) is 15.1 Å². The molecule has 0 saturated carbocycles. The number of hydrogen-bond acceptors (Lipinski definition) is 5. The van der Waals surface area contributed by atoms with Gasteiger partial charge in [-0.1, -0.05) is 0 Å². The van der Waals surface area contributed by atoms with Crippen LogP contribution in [0.3, 0.4) is 0 Å². The SMILES string of the molecule is COC(=O)C(C)(CCN1CCC(N(C)C)CC1)NC(C)C. The summed E-state index contributed by atoms with van der Waals surface area (Å²) in [5.74, 6) is -0.167. The maximum absolute atomic E-state index is 12.1. The van der Waals surface area contributed by atoms with Gasteiger partial charge in [-0.05, 0) is 67.2 Å². The van der Waals surface area contributed by atoms with Crippen molar-refractivity contribution in [1.29, 1.82) is 0 Å². The number of esters is 1. The average molecular weight is 299 g/mol. The number of nitrogens with zero attached hydrogens (tertiary/aromatic N) is 2. The Labute approximate surface area is 130 Å². The molecule has 1 aliphatic heterocycles. The Bertz CT molecular complexity index is 325. The summed E-state index contributed by atoms with van der Waals surface area (Å²) < 4.78 is 4.98. The van der Waals surface area contributed by atoms with Gasteiger partial charge in [0.05, 0.1) is 7.11 Å². The summed E-state index contributed by atoms with van der Waals surface area (Å²) in [5.41, 5.74) is -0.596. The normalized spacial score (nSPS) is 20.8. The van der Waals surface area contributed by atoms with Gasteiger partial charge in [-0.2, -0.15) is 0 Å². The number of piperidine rings is 1. The lowest BCUT2D eigenvalue weighted by molar-refractivity contribution is -0.148. The standard InChI is InChI=1S/C16H33N3O2/c1-13(2)17-16(3,15(20)21-6)9-12-19-10-7-14(8-11-19)18(4)5/h13-14,17H,7-12H2,1-6H3. The van der Waals surface area contributed by atoms with E-state index < -0.39 is 5.54 Å². The third-order valence-corrected chi connectivity index (χ3v) is 4.46. The van der Waals surface area contributed by atoms with Crippen LogP contribution in [0.25, 0.3) is 0 Å². The van der Waals surface area contributed by atoms with E-state index in [0.29, 0.717) is 6.04 Å². The van der Waals surface area contributed by atoms with E-state index in [1.807, 2.05) is 6.92 Å². The summed E-state index contributed by atoms with van der Waals surface area (Å²) in [4.78, 5) is 16.9. The highest BCUT2D eigenvalue weighted by Gasteiger charge is 2.35. The van der Waals surface area contributed by atoms with Crippen LogP contribution in [0, 0.1) is 0 Å². The van der Waals surface area contributed by atoms with E-state index >= 15 is 0 Å². The average Bonchev–Trinajstić information content (AvgIpc) is 2.44. The number of ether oxygens (including phenoxy) is 1. The van der Waals surface area contributed by atoms with E-state index in [9.17, 15) is 4.79 Å². The molecule has 0 spiro atoms. The molecule has 1 heterocycles. The smallest absolute Gasteiger partial charge is 0.325 e. The van der Waals surface area contributed by atoms with Crippen molar-refractivity contribution in [2.75, 3.05) is 40.8 Å². The van der Waals surface area contributed by atoms with Crippen molar-refractivity contribution in [2.45, 2.75) is 57.7 Å². The van der Waals surface area contributed by atoms with Gasteiger partial charge in [0.15, 0.2) is 0 Å². The number of methoxy groups -OCH3 is 1. The van der Waals surface area contributed by atoms with E-state index in [4.69, 9.17) is 4.74 Å². The maximum atomic E-state index is 12.1. The van der Waals surface area contributed by atoms with E-state index in [2.05, 4.69) is 43.1 Å². The Kier molecular flexibility index (Phi) is 7.10. The van der Waals surface area contributed by atoms with Crippen LogP contribution in [0.5, 0.6) is 0 Å². The van der Waals surface area contributed by atoms with Crippen molar-refractivity contribution in [2.24, 2.45) is 0 Å². The Balaban J connectivity index is 2.49. The first-order valence-corrected chi connectivity index (χ1v) is 8.03. The second kappa shape index (κ2) is 8.11. The molecule has 5 nitrogen and oxygen atoms in total. The molecule has 1 saturated heterocycles. The lowest BCUT2D eigenvalue weighted by Crippen LogP contribution is -2.55. The van der Waals surface area contributed by atoms with Gasteiger partial charge >= 0.3 is 5.97 Å². The predicted octanol–water partition coefficient (Wildman–Crippen LogP) is 1.33. The van der Waals surface area contributed by atoms with Crippen LogP contribution >= 0.6 is 0 Å². The van der Waals surface area contributed by atoms with E-state index in [1.54, 1.807) is 0 Å². The molecule has 1 unspecified atom stereocenters. The minimum atomic E-state index is -0.596. The Morgan fingerprint density at radius 3 is 2.38 bits per heavy atom. The molecule has 1 fully saturated rings. The monoisotopic (exact) mass is 299 g/mol. The van der Waals surface area contributed by atoms with Crippen molar-refractivity contribution in [3.05, 3.63) is 0 Å². The van der Waals surface area contributed by atoms with E-state index in [1.165, 1.54) is 20.0 Å². The van der Waals surface area contributed by atoms with Crippen LogP contribution in [-0.2, 0) is 9.53 Å². The van der Waals surface area contributed by atoms with E-state index in [0.717, 1.165) is 26.1 Å². The molecule has 1 N–H and O–H groups in total. The highest BCUT2D eigenvalue weighted by molar-refractivity contribution is 5.80.